The van der Waals surface area contributed by atoms with Gasteiger partial charge in [0.1, 0.15) is 5.75 Å². The van der Waals surface area contributed by atoms with Crippen LogP contribution in [0.3, 0.4) is 0 Å². The van der Waals surface area contributed by atoms with Gasteiger partial charge >= 0.3 is 5.97 Å². The number of amides is 1. The molecule has 1 saturated heterocycles. The molecule has 0 unspecified atom stereocenters. The number of carboxylic acid groups (broad SMARTS) is 1. The first-order valence-electron chi connectivity index (χ1n) is 14.1. The predicted octanol–water partition coefficient (Wildman–Crippen LogP) is 4.25. The molecule has 7 nitrogen and oxygen atoms in total. The minimum Gasteiger partial charge on any atom is -0.493 e. The SMILES string of the molecule is CCCCN(CCCC)C(=O)CN1C[C@H](c2ccc3c(c2)CCO3)[C@@H](C(=O)O)[C@@H]1Cc1ccccc1CO. The van der Waals surface area contributed by atoms with E-state index in [0.717, 1.165) is 73.2 Å². The van der Waals surface area contributed by atoms with E-state index in [1.54, 1.807) is 0 Å². The molecule has 2 heterocycles. The van der Waals surface area contributed by atoms with Gasteiger partial charge in [0, 0.05) is 38.0 Å². The number of unbranched alkanes of at least 4 members (excludes halogenated alkanes) is 2. The van der Waals surface area contributed by atoms with Crippen LogP contribution in [0.25, 0.3) is 0 Å². The van der Waals surface area contributed by atoms with Crippen LogP contribution in [-0.4, -0.2) is 70.7 Å². The van der Waals surface area contributed by atoms with Gasteiger partial charge in [-0.05, 0) is 47.6 Å². The number of carbonyl (C=O) groups is 2. The molecule has 0 radical (unpaired) electrons. The smallest absolute Gasteiger partial charge is 0.308 e. The third kappa shape index (κ3) is 6.38. The highest BCUT2D eigenvalue weighted by atomic mass is 16.5. The third-order valence-electron chi connectivity index (χ3n) is 8.15. The fraction of sp³-hybridized carbons (Fsp3) is 0.548. The molecular weight excluding hydrogens is 480 g/mol. The van der Waals surface area contributed by atoms with E-state index < -0.39 is 11.9 Å². The van der Waals surface area contributed by atoms with Crippen LogP contribution in [0.15, 0.2) is 42.5 Å². The first kappa shape index (κ1) is 28.1. The lowest BCUT2D eigenvalue weighted by Crippen LogP contribution is -2.45. The summed E-state index contributed by atoms with van der Waals surface area (Å²) in [7, 11) is 0. The Hall–Kier alpha value is -2.90. The van der Waals surface area contributed by atoms with Crippen molar-refractivity contribution in [2.45, 2.75) is 70.9 Å². The molecule has 2 aromatic carbocycles. The second-order valence-electron chi connectivity index (χ2n) is 10.7. The number of carboxylic acids is 1. The van der Waals surface area contributed by atoms with Gasteiger partial charge in [0.15, 0.2) is 0 Å². The van der Waals surface area contributed by atoms with Crippen LogP contribution in [0.5, 0.6) is 5.75 Å². The molecule has 2 aliphatic heterocycles. The van der Waals surface area contributed by atoms with Gasteiger partial charge < -0.3 is 19.8 Å². The normalized spacial score (nSPS) is 20.8. The molecule has 2 N–H and O–H groups in total. The lowest BCUT2D eigenvalue weighted by molar-refractivity contribution is -0.143. The fourth-order valence-electron chi connectivity index (χ4n) is 5.99. The zero-order chi connectivity index (χ0) is 27.1. The van der Waals surface area contributed by atoms with Crippen molar-refractivity contribution in [3.8, 4) is 5.75 Å². The lowest BCUT2D eigenvalue weighted by Gasteiger charge is -2.30. The molecule has 0 bridgehead atoms. The number of aliphatic hydroxyl groups is 1. The topological polar surface area (TPSA) is 90.3 Å². The monoisotopic (exact) mass is 522 g/mol. The largest absolute Gasteiger partial charge is 0.493 e. The molecule has 0 aliphatic carbocycles. The Kier molecular flexibility index (Phi) is 9.80. The quantitative estimate of drug-likeness (QED) is 0.409. The number of aliphatic hydroxyl groups excluding tert-OH is 1. The summed E-state index contributed by atoms with van der Waals surface area (Å²) in [5.41, 5.74) is 3.84. The van der Waals surface area contributed by atoms with Crippen molar-refractivity contribution < 1.29 is 24.5 Å². The molecular formula is C31H42N2O5. The second kappa shape index (κ2) is 13.3. The molecule has 1 amide bonds. The van der Waals surface area contributed by atoms with Gasteiger partial charge in [-0.2, -0.15) is 0 Å². The molecule has 2 aromatic rings. The van der Waals surface area contributed by atoms with Crippen LogP contribution in [0, 0.1) is 5.92 Å². The second-order valence-corrected chi connectivity index (χ2v) is 10.7. The molecule has 0 aromatic heterocycles. The summed E-state index contributed by atoms with van der Waals surface area (Å²) in [6, 6.07) is 13.3. The summed E-state index contributed by atoms with van der Waals surface area (Å²) < 4.78 is 5.68. The van der Waals surface area contributed by atoms with Crippen LogP contribution < -0.4 is 4.74 Å². The van der Waals surface area contributed by atoms with Crippen LogP contribution in [-0.2, 0) is 29.0 Å². The predicted molar refractivity (Wildman–Crippen MR) is 147 cm³/mol. The van der Waals surface area contributed by atoms with Gasteiger partial charge in [0.2, 0.25) is 5.91 Å². The average molecular weight is 523 g/mol. The highest BCUT2D eigenvalue weighted by Crippen LogP contribution is 2.41. The van der Waals surface area contributed by atoms with Gasteiger partial charge in [-0.15, -0.1) is 0 Å². The highest BCUT2D eigenvalue weighted by molar-refractivity contribution is 5.79. The van der Waals surface area contributed by atoms with Crippen molar-refractivity contribution in [2.75, 3.05) is 32.8 Å². The number of ether oxygens (including phenoxy) is 1. The van der Waals surface area contributed by atoms with E-state index in [2.05, 4.69) is 24.8 Å². The van der Waals surface area contributed by atoms with Crippen LogP contribution in [0.4, 0.5) is 0 Å². The van der Waals surface area contributed by atoms with Gasteiger partial charge in [-0.1, -0.05) is 63.1 Å². The van der Waals surface area contributed by atoms with E-state index in [1.165, 1.54) is 0 Å². The van der Waals surface area contributed by atoms with Crippen LogP contribution in [0.2, 0.25) is 0 Å². The number of carbonyl (C=O) groups excluding carboxylic acids is 1. The number of likely N-dealkylation sites (tertiary alicyclic amines) is 1. The number of fused-ring (bicyclic) bond motifs is 1. The Balaban J connectivity index is 1.66. The Bertz CT molecular complexity index is 1100. The number of aliphatic carboxylic acids is 1. The molecule has 0 spiro atoms. The molecule has 38 heavy (non-hydrogen) atoms. The number of rotatable bonds is 13. The average Bonchev–Trinajstić information content (AvgIpc) is 3.53. The van der Waals surface area contributed by atoms with E-state index in [-0.39, 0.29) is 31.0 Å². The van der Waals surface area contributed by atoms with E-state index in [1.807, 2.05) is 41.3 Å². The molecule has 7 heteroatoms. The van der Waals surface area contributed by atoms with Crippen molar-refractivity contribution in [1.82, 2.24) is 9.80 Å². The first-order valence-corrected chi connectivity index (χ1v) is 14.1. The molecule has 2 aliphatic rings. The lowest BCUT2D eigenvalue weighted by atomic mass is 9.82. The molecule has 4 rings (SSSR count). The number of benzene rings is 2. The number of hydrogen-bond donors (Lipinski definition) is 2. The minimum absolute atomic E-state index is 0.0690. The van der Waals surface area contributed by atoms with E-state index in [4.69, 9.17) is 4.74 Å². The molecule has 1 fully saturated rings. The first-order chi connectivity index (χ1) is 18.5. The molecule has 206 valence electrons. The summed E-state index contributed by atoms with van der Waals surface area (Å²) >= 11 is 0. The Morgan fingerprint density at radius 3 is 2.42 bits per heavy atom. The van der Waals surface area contributed by atoms with Gasteiger partial charge in [0.25, 0.3) is 0 Å². The van der Waals surface area contributed by atoms with E-state index in [0.29, 0.717) is 19.6 Å². The van der Waals surface area contributed by atoms with Crippen LogP contribution in [0.1, 0.15) is 67.7 Å². The van der Waals surface area contributed by atoms with Crippen molar-refractivity contribution in [3.63, 3.8) is 0 Å². The van der Waals surface area contributed by atoms with Crippen LogP contribution >= 0.6 is 0 Å². The number of nitrogens with zero attached hydrogens (tertiary/aromatic N) is 2. The summed E-state index contributed by atoms with van der Waals surface area (Å²) in [5.74, 6) is -0.810. The minimum atomic E-state index is -0.845. The Morgan fingerprint density at radius 2 is 1.76 bits per heavy atom. The summed E-state index contributed by atoms with van der Waals surface area (Å²) in [4.78, 5) is 30.5. The Labute approximate surface area is 226 Å². The van der Waals surface area contributed by atoms with E-state index in [9.17, 15) is 19.8 Å². The van der Waals surface area contributed by atoms with Crippen molar-refractivity contribution in [2.24, 2.45) is 5.92 Å². The Morgan fingerprint density at radius 1 is 1.05 bits per heavy atom. The van der Waals surface area contributed by atoms with Gasteiger partial charge in [0.05, 0.1) is 25.7 Å². The summed E-state index contributed by atoms with van der Waals surface area (Å²) in [5, 5.41) is 20.4. The van der Waals surface area contributed by atoms with Crippen molar-refractivity contribution in [1.29, 1.82) is 0 Å². The fourth-order valence-corrected chi connectivity index (χ4v) is 5.99. The zero-order valence-corrected chi connectivity index (χ0v) is 22.8. The third-order valence-corrected chi connectivity index (χ3v) is 8.15. The maximum atomic E-state index is 13.6. The number of hydrogen-bond acceptors (Lipinski definition) is 5. The highest BCUT2D eigenvalue weighted by Gasteiger charge is 2.47. The molecule has 3 atom stereocenters. The van der Waals surface area contributed by atoms with Crippen molar-refractivity contribution in [3.05, 3.63) is 64.7 Å². The van der Waals surface area contributed by atoms with E-state index >= 15 is 0 Å². The molecule has 0 saturated carbocycles. The van der Waals surface area contributed by atoms with Gasteiger partial charge in [-0.25, -0.2) is 0 Å². The van der Waals surface area contributed by atoms with Gasteiger partial charge in [-0.3, -0.25) is 14.5 Å². The zero-order valence-electron chi connectivity index (χ0n) is 22.8. The van der Waals surface area contributed by atoms with Crippen molar-refractivity contribution >= 4 is 11.9 Å². The standard InChI is InChI=1S/C31H42N2O5/c1-3-5-14-32(15-6-4-2)29(35)20-33-19-26(23-11-12-28-24(17-23)13-16-38-28)30(31(36)37)27(33)18-22-9-7-8-10-25(22)21-34/h7-12,17,26-27,30,34H,3-6,13-16,18-21H2,1-2H3,(H,36,37)/t26-,27+,30-/m1/s1. The summed E-state index contributed by atoms with van der Waals surface area (Å²) in [6.07, 6.45) is 5.25. The maximum absolute atomic E-state index is 13.6. The maximum Gasteiger partial charge on any atom is 0.308 e. The summed E-state index contributed by atoms with van der Waals surface area (Å²) in [6.45, 7) is 6.98.